The van der Waals surface area contributed by atoms with Crippen LogP contribution in [-0.2, 0) is 0 Å². The molecule has 18 rings (SSSR count). The molecule has 0 saturated heterocycles. The summed E-state index contributed by atoms with van der Waals surface area (Å²) in [4.78, 5) is 4.53. The van der Waals surface area contributed by atoms with Crippen LogP contribution in [-0.4, -0.2) is 18.3 Å². The van der Waals surface area contributed by atoms with Crippen molar-refractivity contribution in [3.05, 3.63) is 351 Å². The summed E-state index contributed by atoms with van der Waals surface area (Å²) in [6.07, 6.45) is 0. The van der Waals surface area contributed by atoms with Crippen molar-refractivity contribution in [2.75, 3.05) is 9.80 Å². The van der Waals surface area contributed by atoms with Crippen LogP contribution in [0.3, 0.4) is 0 Å². The highest BCUT2D eigenvalue weighted by atomic mass is 19.1. The molecule has 4 heterocycles. The van der Waals surface area contributed by atoms with Crippen molar-refractivity contribution < 1.29 is 22.0 Å². The number of hydrogen-bond donors (Lipinski definition) is 0. The van der Waals surface area contributed by atoms with Gasteiger partial charge >= 0.3 is 0 Å². The topological polar surface area (TPSA) is 26.2 Å². The first-order valence-corrected chi connectivity index (χ1v) is 31.3. The molecule has 0 aliphatic rings. The van der Waals surface area contributed by atoms with E-state index in [0.717, 1.165) is 144 Å². The molecule has 14 aromatic carbocycles. The van der Waals surface area contributed by atoms with Crippen LogP contribution in [0.4, 0.5) is 56.1 Å². The number of rotatable bonds is 10. The van der Waals surface area contributed by atoms with Gasteiger partial charge in [-0.05, 0) is 206 Å². The van der Waals surface area contributed by atoms with Gasteiger partial charge in [-0.3, -0.25) is 0 Å². The van der Waals surface area contributed by atoms with Crippen molar-refractivity contribution in [1.29, 1.82) is 0 Å². The lowest BCUT2D eigenvalue weighted by Crippen LogP contribution is -2.11. The number of aromatic nitrogens is 4. The molecule has 0 aliphatic heterocycles. The Morgan fingerprint density at radius 2 is 0.389 bits per heavy atom. The molecular formula is C84H53F5N6. The molecule has 11 heteroatoms. The third-order valence-corrected chi connectivity index (χ3v) is 18.1. The number of anilines is 6. The Morgan fingerprint density at radius 3 is 0.653 bits per heavy atom. The summed E-state index contributed by atoms with van der Waals surface area (Å²) in [5.74, 6) is -1.45. The van der Waals surface area contributed by atoms with Crippen LogP contribution in [0.5, 0.6) is 0 Å². The number of para-hydroxylation sites is 5. The highest BCUT2D eigenvalue weighted by molar-refractivity contribution is 6.23. The normalized spacial score (nSPS) is 11.6. The molecule has 18 aromatic rings. The van der Waals surface area contributed by atoms with Crippen molar-refractivity contribution >= 4 is 121 Å². The third kappa shape index (κ3) is 9.46. The van der Waals surface area contributed by atoms with E-state index in [-0.39, 0.29) is 29.1 Å². The van der Waals surface area contributed by atoms with Gasteiger partial charge in [0.1, 0.15) is 29.1 Å². The van der Waals surface area contributed by atoms with E-state index in [1.807, 2.05) is 78.9 Å². The van der Waals surface area contributed by atoms with Crippen molar-refractivity contribution in [2.24, 2.45) is 0 Å². The summed E-state index contributed by atoms with van der Waals surface area (Å²) in [5, 5.41) is 8.45. The van der Waals surface area contributed by atoms with Crippen LogP contribution in [0.2, 0.25) is 0 Å². The van der Waals surface area contributed by atoms with E-state index in [1.165, 1.54) is 60.7 Å². The van der Waals surface area contributed by atoms with E-state index in [4.69, 9.17) is 0 Å². The van der Waals surface area contributed by atoms with Crippen LogP contribution in [0.15, 0.2) is 322 Å². The van der Waals surface area contributed by atoms with Crippen LogP contribution < -0.4 is 9.80 Å². The second-order valence-corrected chi connectivity index (χ2v) is 23.5. The summed E-state index contributed by atoms with van der Waals surface area (Å²) < 4.78 is 79.3. The molecule has 0 atom stereocenters. The Bertz CT molecular complexity index is 5630. The minimum Gasteiger partial charge on any atom is -0.309 e. The zero-order valence-corrected chi connectivity index (χ0v) is 50.7. The molecule has 95 heavy (non-hydrogen) atoms. The smallest absolute Gasteiger partial charge is 0.123 e. The molecule has 6 nitrogen and oxygen atoms in total. The number of benzene rings is 14. The van der Waals surface area contributed by atoms with Crippen molar-refractivity contribution in [3.8, 4) is 22.7 Å². The average molecular weight is 1240 g/mol. The van der Waals surface area contributed by atoms with Crippen LogP contribution in [0.1, 0.15) is 0 Å². The monoisotopic (exact) mass is 1240 g/mol. The minimum atomic E-state index is -0.323. The summed E-state index contributed by atoms with van der Waals surface area (Å²) in [7, 11) is 0. The standard InChI is InChI=1S/C42H26F3N3.C42H27F2N3/c43-27-15-21-30(22-16-27)46-35-9-3-1-7-33(35)41-37(46)11-5-13-39(41)48(32-25-19-29(45)20-26-32)40-14-6-12-38-42(40)34-8-2-4-10-36(34)47(38)31-23-17-28(44)18-24-31;43-28-20-24-31(25-21-28)45-35-14-6-4-12-33(35)41-37(45)16-8-18-39(41)47(30-10-2-1-3-11-30)40-19-9-17-38-42(40)34-13-5-7-15-36(34)46(38)32-26-22-29(44)23-27-32/h1-26H;1-27H. The Labute approximate surface area is 541 Å². The average Bonchev–Trinajstić information content (AvgIpc) is 1.60. The fourth-order valence-corrected chi connectivity index (χ4v) is 14.2. The molecule has 0 spiro atoms. The number of hydrogen-bond acceptors (Lipinski definition) is 2. The zero-order chi connectivity index (χ0) is 63.8. The largest absolute Gasteiger partial charge is 0.309 e. The van der Waals surface area contributed by atoms with Crippen LogP contribution >= 0.6 is 0 Å². The SMILES string of the molecule is Fc1ccc(-n2c3ccccc3c3c(N(c4ccccc4)c4cccc5c4c4ccccc4n5-c4ccc(F)cc4)cccc32)cc1.Fc1ccc(N(c2cccc3c2c2ccccc2n3-c2ccc(F)cc2)c2cccc3c2c2ccccc2n3-c2ccc(F)cc2)cc1. The summed E-state index contributed by atoms with van der Waals surface area (Å²) in [5.41, 5.74) is 17.1. The highest BCUT2D eigenvalue weighted by Gasteiger charge is 2.27. The van der Waals surface area contributed by atoms with Crippen molar-refractivity contribution in [1.82, 2.24) is 18.3 Å². The van der Waals surface area contributed by atoms with Gasteiger partial charge in [-0.25, -0.2) is 22.0 Å². The molecule has 4 aromatic heterocycles. The lowest BCUT2D eigenvalue weighted by molar-refractivity contribution is 0.627. The minimum absolute atomic E-state index is 0.265. The van der Waals surface area contributed by atoms with Gasteiger partial charge in [0.05, 0.1) is 66.9 Å². The van der Waals surface area contributed by atoms with Crippen LogP contribution in [0, 0.1) is 29.1 Å². The van der Waals surface area contributed by atoms with Gasteiger partial charge in [-0.1, -0.05) is 115 Å². The molecular weight excluding hydrogens is 1190 g/mol. The van der Waals surface area contributed by atoms with Gasteiger partial charge in [-0.2, -0.15) is 0 Å². The summed E-state index contributed by atoms with van der Waals surface area (Å²) in [6.45, 7) is 0. The zero-order valence-electron chi connectivity index (χ0n) is 50.7. The van der Waals surface area contributed by atoms with Crippen LogP contribution in [0.25, 0.3) is 110 Å². The van der Waals surface area contributed by atoms with Gasteiger partial charge < -0.3 is 28.1 Å². The first-order chi connectivity index (χ1) is 46.7. The van der Waals surface area contributed by atoms with Crippen molar-refractivity contribution in [2.45, 2.75) is 0 Å². The number of halogens is 5. The molecule has 0 N–H and O–H groups in total. The lowest BCUT2D eigenvalue weighted by atomic mass is 10.1. The quantitative estimate of drug-likeness (QED) is 0.128. The van der Waals surface area contributed by atoms with E-state index < -0.39 is 0 Å². The maximum absolute atomic E-state index is 14.4. The summed E-state index contributed by atoms with van der Waals surface area (Å²) in [6, 6.07) is 102. The maximum atomic E-state index is 14.4. The fraction of sp³-hybridized carbons (Fsp3) is 0. The van der Waals surface area contributed by atoms with Gasteiger partial charge in [0.2, 0.25) is 0 Å². The molecule has 0 unspecified atom stereocenters. The second-order valence-electron chi connectivity index (χ2n) is 23.5. The highest BCUT2D eigenvalue weighted by Crippen LogP contribution is 2.50. The Hall–Kier alpha value is -12.5. The predicted octanol–water partition coefficient (Wildman–Crippen LogP) is 23.4. The molecule has 454 valence electrons. The lowest BCUT2D eigenvalue weighted by Gasteiger charge is -2.27. The Kier molecular flexibility index (Phi) is 13.7. The number of fused-ring (bicyclic) bond motifs is 12. The predicted molar refractivity (Wildman–Crippen MR) is 379 cm³/mol. The van der Waals surface area contributed by atoms with E-state index in [0.29, 0.717) is 0 Å². The first-order valence-electron chi connectivity index (χ1n) is 31.3. The molecule has 0 aliphatic carbocycles. The number of nitrogens with zero attached hydrogens (tertiary/aromatic N) is 6. The van der Waals surface area contributed by atoms with Gasteiger partial charge in [-0.15, -0.1) is 0 Å². The Morgan fingerprint density at radius 1 is 0.179 bits per heavy atom. The Balaban J connectivity index is 0.000000144. The molecule has 0 radical (unpaired) electrons. The molecule has 0 amide bonds. The molecule has 0 fully saturated rings. The van der Waals surface area contributed by atoms with E-state index in [9.17, 15) is 22.0 Å². The van der Waals surface area contributed by atoms with Gasteiger partial charge in [0, 0.05) is 77.2 Å². The maximum Gasteiger partial charge on any atom is 0.123 e. The van der Waals surface area contributed by atoms with E-state index in [1.54, 1.807) is 36.4 Å². The van der Waals surface area contributed by atoms with Gasteiger partial charge in [0.15, 0.2) is 0 Å². The van der Waals surface area contributed by atoms with E-state index >= 15 is 0 Å². The summed E-state index contributed by atoms with van der Waals surface area (Å²) >= 11 is 0. The van der Waals surface area contributed by atoms with E-state index in [2.05, 4.69) is 174 Å². The van der Waals surface area contributed by atoms with Gasteiger partial charge in [0.25, 0.3) is 0 Å². The second kappa shape index (κ2) is 23.0. The van der Waals surface area contributed by atoms with Crippen molar-refractivity contribution in [3.63, 3.8) is 0 Å². The third-order valence-electron chi connectivity index (χ3n) is 18.1. The fourth-order valence-electron chi connectivity index (χ4n) is 14.2. The first kappa shape index (κ1) is 56.5. The molecule has 0 saturated carbocycles. The molecule has 0 bridgehead atoms.